The lowest BCUT2D eigenvalue weighted by atomic mass is 9.83. The molecule has 0 spiro atoms. The van der Waals surface area contributed by atoms with Crippen molar-refractivity contribution in [3.8, 4) is 11.3 Å². The van der Waals surface area contributed by atoms with Crippen LogP contribution < -0.4 is 5.73 Å². The van der Waals surface area contributed by atoms with E-state index >= 15 is 0 Å². The summed E-state index contributed by atoms with van der Waals surface area (Å²) in [5.41, 5.74) is 12.1. The summed E-state index contributed by atoms with van der Waals surface area (Å²) < 4.78 is 0. The number of thiazole rings is 1. The summed E-state index contributed by atoms with van der Waals surface area (Å²) in [6.45, 7) is 11.6. The third-order valence-electron chi connectivity index (χ3n) is 3.38. The third kappa shape index (κ3) is 2.88. The molecule has 2 aromatic rings. The molecule has 0 aliphatic heterocycles. The van der Waals surface area contributed by atoms with Crippen LogP contribution in [-0.2, 0) is 12.0 Å². The summed E-state index contributed by atoms with van der Waals surface area (Å²) in [7, 11) is 0. The molecule has 1 aromatic heterocycles. The second kappa shape index (κ2) is 5.06. The van der Waals surface area contributed by atoms with Gasteiger partial charge in [0.1, 0.15) is 5.01 Å². The van der Waals surface area contributed by atoms with Crippen molar-refractivity contribution in [2.75, 3.05) is 0 Å². The van der Waals surface area contributed by atoms with Crippen molar-refractivity contribution in [1.29, 1.82) is 0 Å². The minimum absolute atomic E-state index is 0.179. The average Bonchev–Trinajstić information content (AvgIpc) is 2.75. The van der Waals surface area contributed by atoms with Gasteiger partial charge in [-0.2, -0.15) is 0 Å². The molecule has 19 heavy (non-hydrogen) atoms. The van der Waals surface area contributed by atoms with E-state index in [4.69, 9.17) is 5.73 Å². The highest BCUT2D eigenvalue weighted by atomic mass is 32.1. The predicted octanol–water partition coefficient (Wildman–Crippen LogP) is 4.18. The Labute approximate surface area is 119 Å². The van der Waals surface area contributed by atoms with Gasteiger partial charge in [0.25, 0.3) is 0 Å². The molecular formula is C16H22N2S. The van der Waals surface area contributed by atoms with Gasteiger partial charge in [-0.25, -0.2) is 4.98 Å². The van der Waals surface area contributed by atoms with E-state index in [0.29, 0.717) is 6.54 Å². The molecule has 0 aliphatic rings. The van der Waals surface area contributed by atoms with Gasteiger partial charge in [0.2, 0.25) is 0 Å². The quantitative estimate of drug-likeness (QED) is 0.892. The fourth-order valence-electron chi connectivity index (χ4n) is 2.32. The normalized spacial score (nSPS) is 11.9. The van der Waals surface area contributed by atoms with E-state index in [-0.39, 0.29) is 5.41 Å². The Hall–Kier alpha value is -1.19. The summed E-state index contributed by atoms with van der Waals surface area (Å²) in [4.78, 5) is 4.61. The molecule has 3 heteroatoms. The minimum atomic E-state index is 0.179. The molecule has 0 unspecified atom stereocenters. The molecule has 0 fully saturated rings. The fraction of sp³-hybridized carbons (Fsp3) is 0.438. The van der Waals surface area contributed by atoms with Crippen molar-refractivity contribution in [3.05, 3.63) is 39.2 Å². The molecule has 102 valence electrons. The number of rotatable bonds is 2. The molecule has 0 atom stereocenters. The Balaban J connectivity index is 2.53. The van der Waals surface area contributed by atoms with Crippen LogP contribution in [0.2, 0.25) is 0 Å². The predicted molar refractivity (Wildman–Crippen MR) is 83.6 cm³/mol. The number of nitrogens with zero attached hydrogens (tertiary/aromatic N) is 1. The lowest BCUT2D eigenvalue weighted by Gasteiger charge is -2.22. The van der Waals surface area contributed by atoms with Gasteiger partial charge >= 0.3 is 0 Å². The van der Waals surface area contributed by atoms with Gasteiger partial charge < -0.3 is 5.73 Å². The van der Waals surface area contributed by atoms with Gasteiger partial charge in [0, 0.05) is 17.5 Å². The smallest absolute Gasteiger partial charge is 0.107 e. The molecule has 0 saturated carbocycles. The summed E-state index contributed by atoms with van der Waals surface area (Å²) in [6.07, 6.45) is 0. The largest absolute Gasteiger partial charge is 0.325 e. The number of nitrogens with two attached hydrogens (primary N) is 1. The first-order valence-corrected chi connectivity index (χ1v) is 7.47. The number of hydrogen-bond donors (Lipinski definition) is 1. The van der Waals surface area contributed by atoms with Crippen LogP contribution in [0.15, 0.2) is 17.5 Å². The SMILES string of the molecule is Cc1cc(C(C)(C)C)cc(C)c1-c1csc(CN)n1. The second-order valence-electron chi connectivity index (χ2n) is 6.07. The highest BCUT2D eigenvalue weighted by Crippen LogP contribution is 2.33. The van der Waals surface area contributed by atoms with E-state index in [0.717, 1.165) is 10.7 Å². The molecule has 0 aliphatic carbocycles. The van der Waals surface area contributed by atoms with Crippen LogP contribution in [0.3, 0.4) is 0 Å². The van der Waals surface area contributed by atoms with Crippen molar-refractivity contribution < 1.29 is 0 Å². The van der Waals surface area contributed by atoms with Crippen molar-refractivity contribution in [2.24, 2.45) is 5.73 Å². The standard InChI is InChI=1S/C16H22N2S/c1-10-6-12(16(3,4)5)7-11(2)15(10)13-9-19-14(8-17)18-13/h6-7,9H,8,17H2,1-5H3. The number of benzene rings is 1. The summed E-state index contributed by atoms with van der Waals surface area (Å²) >= 11 is 1.64. The van der Waals surface area contributed by atoms with Crippen molar-refractivity contribution in [2.45, 2.75) is 46.6 Å². The monoisotopic (exact) mass is 274 g/mol. The van der Waals surface area contributed by atoms with E-state index < -0.39 is 0 Å². The minimum Gasteiger partial charge on any atom is -0.325 e. The van der Waals surface area contributed by atoms with E-state index in [1.54, 1.807) is 11.3 Å². The third-order valence-corrected chi connectivity index (χ3v) is 4.25. The van der Waals surface area contributed by atoms with E-state index in [9.17, 15) is 0 Å². The Morgan fingerprint density at radius 3 is 2.16 bits per heavy atom. The highest BCUT2D eigenvalue weighted by molar-refractivity contribution is 7.09. The van der Waals surface area contributed by atoms with E-state index in [1.807, 2.05) is 0 Å². The summed E-state index contributed by atoms with van der Waals surface area (Å²) in [5.74, 6) is 0. The lowest BCUT2D eigenvalue weighted by Crippen LogP contribution is -2.12. The van der Waals surface area contributed by atoms with Crippen molar-refractivity contribution in [3.63, 3.8) is 0 Å². The maximum atomic E-state index is 5.65. The maximum Gasteiger partial charge on any atom is 0.107 e. The van der Waals surface area contributed by atoms with Crippen LogP contribution in [0.1, 0.15) is 42.5 Å². The Morgan fingerprint density at radius 2 is 1.74 bits per heavy atom. The maximum absolute atomic E-state index is 5.65. The van der Waals surface area contributed by atoms with Crippen LogP contribution in [0.5, 0.6) is 0 Å². The topological polar surface area (TPSA) is 38.9 Å². The molecule has 2 nitrogen and oxygen atoms in total. The Morgan fingerprint density at radius 1 is 1.16 bits per heavy atom. The first-order valence-electron chi connectivity index (χ1n) is 6.59. The van der Waals surface area contributed by atoms with Crippen LogP contribution in [-0.4, -0.2) is 4.98 Å². The van der Waals surface area contributed by atoms with Crippen molar-refractivity contribution >= 4 is 11.3 Å². The number of hydrogen-bond acceptors (Lipinski definition) is 3. The molecule has 2 rings (SSSR count). The lowest BCUT2D eigenvalue weighted by molar-refractivity contribution is 0.589. The van der Waals surface area contributed by atoms with Crippen LogP contribution >= 0.6 is 11.3 Å². The molecule has 0 bridgehead atoms. The van der Waals surface area contributed by atoms with Gasteiger partial charge in [-0.1, -0.05) is 32.9 Å². The molecule has 0 radical (unpaired) electrons. The van der Waals surface area contributed by atoms with Gasteiger partial charge in [-0.05, 0) is 36.0 Å². The van der Waals surface area contributed by atoms with E-state index in [2.05, 4.69) is 57.1 Å². The number of aryl methyl sites for hydroxylation is 2. The Kier molecular flexibility index (Phi) is 3.79. The van der Waals surface area contributed by atoms with Gasteiger partial charge in [-0.15, -0.1) is 11.3 Å². The zero-order valence-electron chi connectivity index (χ0n) is 12.4. The second-order valence-corrected chi connectivity index (χ2v) is 7.01. The van der Waals surface area contributed by atoms with Crippen molar-refractivity contribution in [1.82, 2.24) is 4.98 Å². The summed E-state index contributed by atoms with van der Waals surface area (Å²) in [6, 6.07) is 4.56. The summed E-state index contributed by atoms with van der Waals surface area (Å²) in [5, 5.41) is 3.10. The molecule has 2 N–H and O–H groups in total. The molecule has 0 amide bonds. The number of aromatic nitrogens is 1. The van der Waals surface area contributed by atoms with Crippen LogP contribution in [0.25, 0.3) is 11.3 Å². The van der Waals surface area contributed by atoms with Gasteiger partial charge in [0.05, 0.1) is 5.69 Å². The van der Waals surface area contributed by atoms with Crippen LogP contribution in [0, 0.1) is 13.8 Å². The van der Waals surface area contributed by atoms with Gasteiger partial charge in [0.15, 0.2) is 0 Å². The van der Waals surface area contributed by atoms with E-state index in [1.165, 1.54) is 22.3 Å². The first-order chi connectivity index (χ1) is 8.82. The zero-order valence-corrected chi connectivity index (χ0v) is 13.2. The Bertz CT molecular complexity index is 568. The molecular weight excluding hydrogens is 252 g/mol. The molecule has 1 heterocycles. The first kappa shape index (κ1) is 14.2. The zero-order chi connectivity index (χ0) is 14.2. The highest BCUT2D eigenvalue weighted by Gasteiger charge is 2.17. The van der Waals surface area contributed by atoms with Crippen LogP contribution in [0.4, 0.5) is 0 Å². The fourth-order valence-corrected chi connectivity index (χ4v) is 2.99. The molecule has 1 aromatic carbocycles. The van der Waals surface area contributed by atoms with Gasteiger partial charge in [-0.3, -0.25) is 0 Å². The average molecular weight is 274 g/mol. The molecule has 0 saturated heterocycles.